The first-order valence-electron chi connectivity index (χ1n) is 10.0. The van der Waals surface area contributed by atoms with E-state index in [4.69, 9.17) is 4.43 Å². The highest BCUT2D eigenvalue weighted by Gasteiger charge is 2.66. The molecule has 1 N–H and O–H groups in total. The predicted octanol–water partition coefficient (Wildman–Crippen LogP) is 5.06. The molecule has 0 aromatic rings. The van der Waals surface area contributed by atoms with Gasteiger partial charge < -0.3 is 9.53 Å². The number of Topliss-reactive ketones (excluding diaryl/α,β-unsaturated/α-hetero) is 1. The van der Waals surface area contributed by atoms with Gasteiger partial charge in [-0.25, -0.2) is 0 Å². The van der Waals surface area contributed by atoms with Crippen LogP contribution in [0.2, 0.25) is 18.1 Å². The molecule has 0 radical (unpaired) electrons. The van der Waals surface area contributed by atoms with Gasteiger partial charge in [0.25, 0.3) is 0 Å². The molecule has 3 atom stereocenters. The van der Waals surface area contributed by atoms with Crippen LogP contribution >= 0.6 is 0 Å². The Morgan fingerprint density at radius 1 is 1.36 bits per heavy atom. The molecule has 1 spiro atoms. The van der Waals surface area contributed by atoms with Gasteiger partial charge in [0.1, 0.15) is 5.60 Å². The molecule has 0 amide bonds. The van der Waals surface area contributed by atoms with Gasteiger partial charge >= 0.3 is 0 Å². The summed E-state index contributed by atoms with van der Waals surface area (Å²) in [7, 11) is -2.01. The van der Waals surface area contributed by atoms with Crippen LogP contribution in [0.1, 0.15) is 54.4 Å². The van der Waals surface area contributed by atoms with Crippen molar-refractivity contribution in [2.24, 2.45) is 15.9 Å². The first-order chi connectivity index (χ1) is 12.6. The topological polar surface area (TPSA) is 95.3 Å². The van der Waals surface area contributed by atoms with Crippen molar-refractivity contribution < 1.29 is 14.3 Å². The molecule has 0 aromatic heterocycles. The van der Waals surface area contributed by atoms with Gasteiger partial charge in [-0.3, -0.25) is 4.79 Å². The molecule has 6 nitrogen and oxygen atoms in total. The second-order valence-corrected chi connectivity index (χ2v) is 15.6. The minimum absolute atomic E-state index is 0.0581. The lowest BCUT2D eigenvalue weighted by Gasteiger charge is -2.41. The van der Waals surface area contributed by atoms with Crippen LogP contribution in [-0.4, -0.2) is 37.5 Å². The first-order valence-corrected chi connectivity index (χ1v) is 13.0. The normalized spacial score (nSPS) is 34.2. The monoisotopic (exact) mass is 403 g/mol. The Morgan fingerprint density at radius 3 is 2.39 bits per heavy atom. The maximum atomic E-state index is 13.2. The Balaban J connectivity index is 2.07. The number of hydrogen-bond donors (Lipinski definition) is 1. The van der Waals surface area contributed by atoms with Gasteiger partial charge in [0.15, 0.2) is 14.1 Å². The van der Waals surface area contributed by atoms with E-state index in [1.165, 1.54) is 0 Å². The SMILES string of the molecule is CC1=C2C(=C[C@@](C)(CO[Si](C)(C)C(C)(C)C)[C@H]2N=[N+]=[N-])C(=O)[C@](C)(O)C12CC2. The summed E-state index contributed by atoms with van der Waals surface area (Å²) in [6, 6.07) is -0.491. The third-order valence-corrected chi connectivity index (χ3v) is 12.3. The maximum Gasteiger partial charge on any atom is 0.194 e. The fourth-order valence-electron chi connectivity index (χ4n) is 4.56. The molecule has 3 rings (SSSR count). The summed E-state index contributed by atoms with van der Waals surface area (Å²) < 4.78 is 6.47. The van der Waals surface area contributed by atoms with Gasteiger partial charge in [-0.2, -0.15) is 0 Å². The lowest BCUT2D eigenvalue weighted by atomic mass is 9.67. The molecule has 3 aliphatic rings. The number of aliphatic hydroxyl groups is 1. The average molecular weight is 404 g/mol. The standard InChI is InChI=1S/C21H33N3O3Si/c1-13-15-14(17(25)20(6,26)21(13)9-10-21)11-19(5,16(15)23-24-22)12-27-28(7,8)18(2,3)4/h11,16,26H,9-10,12H2,1-8H3/t16-,19-,20-/m0/s1. The van der Waals surface area contributed by atoms with Crippen molar-refractivity contribution in [2.45, 2.75) is 84.2 Å². The van der Waals surface area contributed by atoms with Gasteiger partial charge in [0.05, 0.1) is 6.04 Å². The highest BCUT2D eigenvalue weighted by Crippen LogP contribution is 2.66. The number of carbonyl (C=O) groups is 1. The molecular formula is C21H33N3O3Si. The Bertz CT molecular complexity index is 839. The zero-order valence-corrected chi connectivity index (χ0v) is 19.4. The molecule has 0 aromatic carbocycles. The van der Waals surface area contributed by atoms with Gasteiger partial charge in [-0.1, -0.05) is 44.5 Å². The molecule has 0 bridgehead atoms. The van der Waals surface area contributed by atoms with Crippen LogP contribution in [0.5, 0.6) is 0 Å². The van der Waals surface area contributed by atoms with Gasteiger partial charge in [-0.05, 0) is 55.9 Å². The molecule has 0 unspecified atom stereocenters. The Morgan fingerprint density at radius 2 is 1.93 bits per heavy atom. The summed E-state index contributed by atoms with van der Waals surface area (Å²) in [6.45, 7) is 16.9. The minimum atomic E-state index is -2.01. The number of rotatable bonds is 4. The quantitative estimate of drug-likeness (QED) is 0.307. The smallest absolute Gasteiger partial charge is 0.194 e. The number of hydrogen-bond acceptors (Lipinski definition) is 4. The van der Waals surface area contributed by atoms with Crippen LogP contribution in [0.3, 0.4) is 0 Å². The number of azide groups is 1. The molecule has 28 heavy (non-hydrogen) atoms. The van der Waals surface area contributed by atoms with E-state index in [0.29, 0.717) is 12.2 Å². The summed E-state index contributed by atoms with van der Waals surface area (Å²) >= 11 is 0. The maximum absolute atomic E-state index is 13.2. The van der Waals surface area contributed by atoms with Crippen LogP contribution in [0.25, 0.3) is 10.4 Å². The average Bonchev–Trinajstić information content (AvgIpc) is 3.33. The van der Waals surface area contributed by atoms with E-state index in [1.807, 2.05) is 19.9 Å². The predicted molar refractivity (Wildman–Crippen MR) is 112 cm³/mol. The molecule has 3 aliphatic carbocycles. The molecule has 7 heteroatoms. The highest BCUT2D eigenvalue weighted by atomic mass is 28.4. The zero-order chi connectivity index (χ0) is 21.3. The van der Waals surface area contributed by atoms with E-state index in [0.717, 1.165) is 24.0 Å². The Labute approximate surface area is 168 Å². The van der Waals surface area contributed by atoms with Gasteiger partial charge in [-0.15, -0.1) is 0 Å². The molecule has 0 saturated heterocycles. The largest absolute Gasteiger partial charge is 0.416 e. The van der Waals surface area contributed by atoms with E-state index in [2.05, 4.69) is 43.9 Å². The Hall–Kier alpha value is -1.40. The minimum Gasteiger partial charge on any atom is -0.416 e. The van der Waals surface area contributed by atoms with E-state index >= 15 is 0 Å². The second kappa shape index (κ2) is 6.05. The van der Waals surface area contributed by atoms with E-state index < -0.39 is 30.8 Å². The van der Waals surface area contributed by atoms with Crippen molar-refractivity contribution in [2.75, 3.05) is 6.61 Å². The Kier molecular flexibility index (Phi) is 4.60. The number of carbonyl (C=O) groups excluding carboxylic acids is 1. The molecule has 0 heterocycles. The van der Waals surface area contributed by atoms with Crippen molar-refractivity contribution in [3.05, 3.63) is 33.2 Å². The summed E-state index contributed by atoms with van der Waals surface area (Å²) in [5, 5.41) is 15.2. The van der Waals surface area contributed by atoms with E-state index in [9.17, 15) is 15.4 Å². The van der Waals surface area contributed by atoms with Gasteiger partial charge in [0.2, 0.25) is 0 Å². The molecule has 1 fully saturated rings. The highest BCUT2D eigenvalue weighted by molar-refractivity contribution is 6.74. The first kappa shape index (κ1) is 21.3. The van der Waals surface area contributed by atoms with Crippen LogP contribution in [0.4, 0.5) is 0 Å². The molecular weight excluding hydrogens is 370 g/mol. The van der Waals surface area contributed by atoms with Crippen molar-refractivity contribution in [3.8, 4) is 0 Å². The number of ketones is 1. The van der Waals surface area contributed by atoms with Crippen molar-refractivity contribution >= 4 is 14.1 Å². The van der Waals surface area contributed by atoms with Gasteiger partial charge in [0, 0.05) is 27.9 Å². The third-order valence-electron chi connectivity index (χ3n) is 7.87. The number of fused-ring (bicyclic) bond motifs is 1. The van der Waals surface area contributed by atoms with E-state index in [-0.39, 0.29) is 10.8 Å². The summed E-state index contributed by atoms with van der Waals surface area (Å²) in [6.07, 6.45) is 3.47. The lowest BCUT2D eigenvalue weighted by molar-refractivity contribution is -0.137. The van der Waals surface area contributed by atoms with Crippen LogP contribution in [0.15, 0.2) is 27.9 Å². The fourth-order valence-corrected chi connectivity index (χ4v) is 5.67. The third kappa shape index (κ3) is 2.75. The van der Waals surface area contributed by atoms with Crippen LogP contribution in [-0.2, 0) is 9.22 Å². The summed E-state index contributed by atoms with van der Waals surface area (Å²) in [5.41, 5.74) is 9.05. The van der Waals surface area contributed by atoms with Crippen LogP contribution < -0.4 is 0 Å². The molecule has 154 valence electrons. The summed E-state index contributed by atoms with van der Waals surface area (Å²) in [5.74, 6) is -0.250. The van der Waals surface area contributed by atoms with E-state index in [1.54, 1.807) is 6.92 Å². The molecule has 0 aliphatic heterocycles. The second-order valence-electron chi connectivity index (χ2n) is 10.7. The molecule has 1 saturated carbocycles. The van der Waals surface area contributed by atoms with Crippen molar-refractivity contribution in [1.29, 1.82) is 0 Å². The zero-order valence-electron chi connectivity index (χ0n) is 18.4. The lowest BCUT2D eigenvalue weighted by Crippen LogP contribution is -2.50. The van der Waals surface area contributed by atoms with Crippen LogP contribution in [0, 0.1) is 10.8 Å². The van der Waals surface area contributed by atoms with Crippen molar-refractivity contribution in [1.82, 2.24) is 0 Å². The summed E-state index contributed by atoms with van der Waals surface area (Å²) in [4.78, 5) is 16.3. The fraction of sp³-hybridized carbons (Fsp3) is 0.762. The van der Waals surface area contributed by atoms with Crippen molar-refractivity contribution in [3.63, 3.8) is 0 Å². The number of nitrogens with zero attached hydrogens (tertiary/aromatic N) is 3.